The molecule has 1 N–H and O–H groups in total. The average molecular weight is 470 g/mol. The molecule has 1 amide bonds. The van der Waals surface area contributed by atoms with Gasteiger partial charge in [0.15, 0.2) is 0 Å². The first-order chi connectivity index (χ1) is 15.9. The van der Waals surface area contributed by atoms with Crippen molar-refractivity contribution in [2.75, 3.05) is 58.4 Å². The summed E-state index contributed by atoms with van der Waals surface area (Å²) >= 11 is 5.99. The number of rotatable bonds is 6. The molecular formula is C25H28ClN3O4. The zero-order valence-electron chi connectivity index (χ0n) is 18.8. The number of Topliss-reactive ketones (excluding diaryl/α,β-unsaturated/α-hetero) is 1. The van der Waals surface area contributed by atoms with E-state index >= 15 is 0 Å². The number of carbonyl (C=O) groups excluding carboxylic acids is 2. The third kappa shape index (κ3) is 4.90. The molecule has 2 aromatic carbocycles. The van der Waals surface area contributed by atoms with E-state index in [9.17, 15) is 14.7 Å². The molecule has 174 valence electrons. The molecule has 0 bridgehead atoms. The summed E-state index contributed by atoms with van der Waals surface area (Å²) in [6, 6.07) is 13.6. The van der Waals surface area contributed by atoms with Gasteiger partial charge in [0, 0.05) is 56.5 Å². The van der Waals surface area contributed by atoms with Crippen LogP contribution < -0.4 is 4.90 Å². The predicted octanol–water partition coefficient (Wildman–Crippen LogP) is 3.16. The van der Waals surface area contributed by atoms with Crippen molar-refractivity contribution in [1.82, 2.24) is 9.80 Å². The number of hydrogen-bond acceptors (Lipinski definition) is 6. The lowest BCUT2D eigenvalue weighted by Gasteiger charge is -2.31. The number of amides is 1. The van der Waals surface area contributed by atoms with E-state index in [0.29, 0.717) is 36.9 Å². The highest BCUT2D eigenvalue weighted by Crippen LogP contribution is 2.39. The Morgan fingerprint density at radius 2 is 1.67 bits per heavy atom. The number of hydrogen-bond donors (Lipinski definition) is 1. The zero-order chi connectivity index (χ0) is 23.5. The predicted molar refractivity (Wildman–Crippen MR) is 128 cm³/mol. The van der Waals surface area contributed by atoms with Crippen LogP contribution in [0.15, 0.2) is 54.1 Å². The lowest BCUT2D eigenvalue weighted by atomic mass is 9.95. The summed E-state index contributed by atoms with van der Waals surface area (Å²) in [6.45, 7) is 3.90. The van der Waals surface area contributed by atoms with E-state index in [1.54, 1.807) is 29.2 Å². The van der Waals surface area contributed by atoms with Gasteiger partial charge in [0.2, 0.25) is 0 Å². The van der Waals surface area contributed by atoms with E-state index in [-0.39, 0.29) is 11.3 Å². The van der Waals surface area contributed by atoms with Crippen LogP contribution >= 0.6 is 11.6 Å². The molecule has 2 aliphatic rings. The summed E-state index contributed by atoms with van der Waals surface area (Å²) < 4.78 is 5.41. The summed E-state index contributed by atoms with van der Waals surface area (Å²) in [4.78, 5) is 32.0. The van der Waals surface area contributed by atoms with Crippen LogP contribution in [0.25, 0.3) is 5.76 Å². The summed E-state index contributed by atoms with van der Waals surface area (Å²) in [5.74, 6) is -1.47. The molecule has 0 aliphatic carbocycles. The Kier molecular flexibility index (Phi) is 7.02. The lowest BCUT2D eigenvalue weighted by Crippen LogP contribution is -2.42. The molecule has 0 radical (unpaired) electrons. The molecule has 33 heavy (non-hydrogen) atoms. The Morgan fingerprint density at radius 3 is 2.27 bits per heavy atom. The number of nitrogens with zero attached hydrogens (tertiary/aromatic N) is 3. The first-order valence-electron chi connectivity index (χ1n) is 11.0. The number of aliphatic hydroxyl groups is 1. The number of benzene rings is 2. The van der Waals surface area contributed by atoms with Crippen molar-refractivity contribution < 1.29 is 19.4 Å². The monoisotopic (exact) mass is 469 g/mol. The fraction of sp³-hybridized carbons (Fsp3) is 0.360. The van der Waals surface area contributed by atoms with Crippen molar-refractivity contribution >= 4 is 34.7 Å². The van der Waals surface area contributed by atoms with Gasteiger partial charge in [-0.2, -0.15) is 0 Å². The van der Waals surface area contributed by atoms with Crippen LogP contribution in [-0.4, -0.2) is 80.1 Å². The Morgan fingerprint density at radius 1 is 1.03 bits per heavy atom. The Hall–Kier alpha value is -2.87. The minimum absolute atomic E-state index is 0.0990. The molecular weight excluding hydrogens is 442 g/mol. The number of ketones is 1. The maximum Gasteiger partial charge on any atom is 0.295 e. The van der Waals surface area contributed by atoms with Crippen LogP contribution in [0.1, 0.15) is 17.2 Å². The van der Waals surface area contributed by atoms with Crippen molar-refractivity contribution in [3.8, 4) is 0 Å². The second-order valence-corrected chi connectivity index (χ2v) is 8.88. The maximum absolute atomic E-state index is 13.1. The Labute approximate surface area is 198 Å². The third-order valence-electron chi connectivity index (χ3n) is 6.14. The first kappa shape index (κ1) is 23.3. The molecule has 2 aromatic rings. The molecule has 1 atom stereocenters. The molecule has 7 nitrogen and oxygen atoms in total. The molecule has 0 saturated carbocycles. The first-order valence-corrected chi connectivity index (χ1v) is 11.4. The van der Waals surface area contributed by atoms with E-state index < -0.39 is 17.7 Å². The summed E-state index contributed by atoms with van der Waals surface area (Å²) in [6.07, 6.45) is 0. The fourth-order valence-electron chi connectivity index (χ4n) is 4.25. The molecule has 2 aliphatic heterocycles. The van der Waals surface area contributed by atoms with Crippen molar-refractivity contribution in [2.24, 2.45) is 0 Å². The molecule has 2 saturated heterocycles. The van der Waals surface area contributed by atoms with E-state index in [2.05, 4.69) is 4.90 Å². The summed E-state index contributed by atoms with van der Waals surface area (Å²) in [5.41, 5.74) is 2.32. The highest BCUT2D eigenvalue weighted by atomic mass is 35.5. The van der Waals surface area contributed by atoms with Crippen LogP contribution in [0.4, 0.5) is 5.69 Å². The van der Waals surface area contributed by atoms with Crippen LogP contribution in [0.3, 0.4) is 0 Å². The number of ether oxygens (including phenoxy) is 1. The van der Waals surface area contributed by atoms with Gasteiger partial charge in [-0.1, -0.05) is 23.7 Å². The summed E-state index contributed by atoms with van der Waals surface area (Å²) in [5, 5.41) is 11.6. The molecule has 4 rings (SSSR count). The van der Waals surface area contributed by atoms with Crippen LogP contribution in [0.5, 0.6) is 0 Å². The van der Waals surface area contributed by atoms with Gasteiger partial charge >= 0.3 is 0 Å². The van der Waals surface area contributed by atoms with Gasteiger partial charge in [-0.15, -0.1) is 0 Å². The zero-order valence-corrected chi connectivity index (χ0v) is 19.6. The van der Waals surface area contributed by atoms with Gasteiger partial charge in [-0.25, -0.2) is 0 Å². The van der Waals surface area contributed by atoms with Crippen molar-refractivity contribution in [2.45, 2.75) is 6.04 Å². The number of anilines is 1. The quantitative estimate of drug-likeness (QED) is 0.398. The number of halogens is 1. The third-order valence-corrected chi connectivity index (χ3v) is 6.40. The number of likely N-dealkylation sites (tertiary alicyclic amines) is 1. The highest BCUT2D eigenvalue weighted by Gasteiger charge is 2.46. The molecule has 0 aromatic heterocycles. The molecule has 2 fully saturated rings. The second-order valence-electron chi connectivity index (χ2n) is 8.44. The highest BCUT2D eigenvalue weighted by molar-refractivity contribution is 6.46. The molecule has 2 heterocycles. The average Bonchev–Trinajstić information content (AvgIpc) is 3.08. The molecule has 0 unspecified atom stereocenters. The molecule has 8 heteroatoms. The van der Waals surface area contributed by atoms with Crippen molar-refractivity contribution in [1.29, 1.82) is 0 Å². The minimum Gasteiger partial charge on any atom is -0.507 e. The van der Waals surface area contributed by atoms with Gasteiger partial charge in [0.25, 0.3) is 11.7 Å². The Bertz CT molecular complexity index is 1040. The largest absolute Gasteiger partial charge is 0.507 e. The van der Waals surface area contributed by atoms with E-state index in [1.165, 1.54) is 0 Å². The number of morpholine rings is 1. The van der Waals surface area contributed by atoms with Crippen LogP contribution in [0, 0.1) is 0 Å². The second kappa shape index (κ2) is 9.95. The lowest BCUT2D eigenvalue weighted by molar-refractivity contribution is -0.140. The van der Waals surface area contributed by atoms with Crippen molar-refractivity contribution in [3.63, 3.8) is 0 Å². The van der Waals surface area contributed by atoms with Gasteiger partial charge in [-0.3, -0.25) is 14.5 Å². The fourth-order valence-corrected chi connectivity index (χ4v) is 4.38. The topological polar surface area (TPSA) is 73.3 Å². The van der Waals surface area contributed by atoms with E-state index in [0.717, 1.165) is 24.3 Å². The normalized spacial score (nSPS) is 20.9. The summed E-state index contributed by atoms with van der Waals surface area (Å²) in [7, 11) is 3.90. The standard InChI is InChI=1S/C25H28ClN3O4/c1-27(2)20-9-5-17(6-10-20)22-21(23(30)18-3-7-19(26)8-4-18)24(31)25(32)29(22)12-11-28-13-15-33-16-14-28/h3-10,22,30H,11-16H2,1-2H3/b23-21+/t22-/m0/s1. The van der Waals surface area contributed by atoms with Crippen LogP contribution in [-0.2, 0) is 14.3 Å². The Balaban J connectivity index is 1.73. The van der Waals surface area contributed by atoms with Crippen molar-refractivity contribution in [3.05, 3.63) is 70.3 Å². The van der Waals surface area contributed by atoms with Crippen LogP contribution in [0.2, 0.25) is 5.02 Å². The molecule has 0 spiro atoms. The smallest absolute Gasteiger partial charge is 0.295 e. The van der Waals surface area contributed by atoms with E-state index in [1.807, 2.05) is 43.3 Å². The van der Waals surface area contributed by atoms with E-state index in [4.69, 9.17) is 16.3 Å². The van der Waals surface area contributed by atoms with Gasteiger partial charge < -0.3 is 19.6 Å². The minimum atomic E-state index is -0.675. The van der Waals surface area contributed by atoms with Gasteiger partial charge in [-0.05, 0) is 42.0 Å². The van der Waals surface area contributed by atoms with Gasteiger partial charge in [0.05, 0.1) is 24.8 Å². The maximum atomic E-state index is 13.1. The SMILES string of the molecule is CN(C)c1ccc([C@H]2/C(=C(\O)c3ccc(Cl)cc3)C(=O)C(=O)N2CCN2CCOCC2)cc1. The number of carbonyl (C=O) groups is 2. The van der Waals surface area contributed by atoms with Gasteiger partial charge in [0.1, 0.15) is 5.76 Å². The number of aliphatic hydroxyl groups excluding tert-OH is 1.